The molecule has 0 radical (unpaired) electrons. The van der Waals surface area contributed by atoms with E-state index in [1.165, 1.54) is 22.6 Å². The van der Waals surface area contributed by atoms with Crippen molar-refractivity contribution >= 4 is 55.4 Å². The molecule has 2 heterocycles. The van der Waals surface area contributed by atoms with Crippen LogP contribution in [0.2, 0.25) is 5.02 Å². The summed E-state index contributed by atoms with van der Waals surface area (Å²) in [5, 5.41) is 5.09. The van der Waals surface area contributed by atoms with E-state index in [0.717, 1.165) is 34.2 Å². The van der Waals surface area contributed by atoms with Gasteiger partial charge in [0.05, 0.1) is 10.7 Å². The molecule has 0 saturated heterocycles. The summed E-state index contributed by atoms with van der Waals surface area (Å²) in [7, 11) is 0. The van der Waals surface area contributed by atoms with Crippen molar-refractivity contribution < 1.29 is 4.79 Å². The maximum absolute atomic E-state index is 12.6. The molecule has 1 amide bonds. The normalized spacial score (nSPS) is 17.0. The smallest absolute Gasteiger partial charge is 0.269 e. The number of carbonyl (C=O) groups is 1. The van der Waals surface area contributed by atoms with Crippen LogP contribution in [0.5, 0.6) is 0 Å². The monoisotopic (exact) mass is 376 g/mol. The highest BCUT2D eigenvalue weighted by Crippen LogP contribution is 2.37. The Morgan fingerprint density at radius 2 is 2.21 bits per heavy atom. The molecule has 124 valence electrons. The summed E-state index contributed by atoms with van der Waals surface area (Å²) in [5.41, 5.74) is 2.31. The van der Waals surface area contributed by atoms with Gasteiger partial charge >= 0.3 is 0 Å². The van der Waals surface area contributed by atoms with Crippen molar-refractivity contribution in [2.75, 3.05) is 5.32 Å². The number of halogens is 1. The van der Waals surface area contributed by atoms with E-state index in [1.807, 2.05) is 19.1 Å². The van der Waals surface area contributed by atoms with Gasteiger partial charge in [0.2, 0.25) is 0 Å². The lowest BCUT2D eigenvalue weighted by Crippen LogP contribution is -2.11. The third-order valence-electron chi connectivity index (χ3n) is 4.40. The molecule has 1 aromatic carbocycles. The number of aromatic nitrogens is 1. The van der Waals surface area contributed by atoms with Gasteiger partial charge < -0.3 is 0 Å². The Morgan fingerprint density at radius 3 is 3.04 bits per heavy atom. The molecule has 4 rings (SSSR count). The lowest BCUT2D eigenvalue weighted by atomic mass is 9.93. The van der Waals surface area contributed by atoms with E-state index < -0.39 is 0 Å². The molecule has 3 aromatic rings. The first-order chi connectivity index (χ1) is 11.5. The minimum absolute atomic E-state index is 0.169. The Labute approximate surface area is 153 Å². The number of aryl methyl sites for hydroxylation is 2. The number of hydrogen-bond donors (Lipinski definition) is 1. The SMILES string of the molecule is Cc1ccc2c(Cl)c(C(=O)Nc3nc4c(s3)CC[C@@H](C)C4)sc2c1. The van der Waals surface area contributed by atoms with Gasteiger partial charge in [-0.3, -0.25) is 10.1 Å². The average Bonchev–Trinajstić information content (AvgIpc) is 3.07. The molecular formula is C18H17ClN2OS2. The van der Waals surface area contributed by atoms with Crippen molar-refractivity contribution in [1.82, 2.24) is 4.98 Å². The van der Waals surface area contributed by atoms with Gasteiger partial charge in [-0.05, 0) is 43.7 Å². The zero-order chi connectivity index (χ0) is 16.8. The van der Waals surface area contributed by atoms with Gasteiger partial charge in [-0.2, -0.15) is 0 Å². The van der Waals surface area contributed by atoms with Gasteiger partial charge in [-0.25, -0.2) is 4.98 Å². The van der Waals surface area contributed by atoms with Crippen LogP contribution < -0.4 is 5.32 Å². The van der Waals surface area contributed by atoms with Gasteiger partial charge in [0.25, 0.3) is 5.91 Å². The molecule has 6 heteroatoms. The fourth-order valence-corrected chi connectivity index (χ4v) is 5.58. The maximum atomic E-state index is 12.6. The number of amides is 1. The summed E-state index contributed by atoms with van der Waals surface area (Å²) in [6, 6.07) is 6.05. The summed E-state index contributed by atoms with van der Waals surface area (Å²) < 4.78 is 1.04. The quantitative estimate of drug-likeness (QED) is 0.623. The summed E-state index contributed by atoms with van der Waals surface area (Å²) >= 11 is 9.45. The number of benzene rings is 1. The number of thiazole rings is 1. The number of thiophene rings is 1. The summed E-state index contributed by atoms with van der Waals surface area (Å²) in [5.74, 6) is 0.501. The van der Waals surface area contributed by atoms with E-state index in [9.17, 15) is 4.79 Å². The van der Waals surface area contributed by atoms with E-state index in [-0.39, 0.29) is 5.91 Å². The Balaban J connectivity index is 1.62. The van der Waals surface area contributed by atoms with Crippen molar-refractivity contribution in [1.29, 1.82) is 0 Å². The number of carbonyl (C=O) groups excluding carboxylic acids is 1. The fraction of sp³-hybridized carbons (Fsp3) is 0.333. The first kappa shape index (κ1) is 16.1. The minimum atomic E-state index is -0.169. The Hall–Kier alpha value is -1.43. The molecule has 0 bridgehead atoms. The first-order valence-electron chi connectivity index (χ1n) is 8.00. The van der Waals surface area contributed by atoms with Gasteiger partial charge in [-0.1, -0.05) is 30.7 Å². The molecule has 1 aliphatic rings. The van der Waals surface area contributed by atoms with Crippen LogP contribution in [0, 0.1) is 12.8 Å². The second-order valence-electron chi connectivity index (χ2n) is 6.44. The van der Waals surface area contributed by atoms with Gasteiger partial charge in [-0.15, -0.1) is 22.7 Å². The highest BCUT2D eigenvalue weighted by molar-refractivity contribution is 7.22. The summed E-state index contributed by atoms with van der Waals surface area (Å²) in [6.07, 6.45) is 3.27. The van der Waals surface area contributed by atoms with Crippen LogP contribution in [-0.2, 0) is 12.8 Å². The molecule has 0 spiro atoms. The predicted molar refractivity (Wildman–Crippen MR) is 103 cm³/mol. The van der Waals surface area contributed by atoms with Crippen molar-refractivity contribution in [3.05, 3.63) is 44.2 Å². The van der Waals surface area contributed by atoms with E-state index in [0.29, 0.717) is 20.9 Å². The number of nitrogens with zero attached hydrogens (tertiary/aromatic N) is 1. The molecule has 0 unspecified atom stereocenters. The molecule has 1 atom stereocenters. The van der Waals surface area contributed by atoms with Crippen LogP contribution in [0.4, 0.5) is 5.13 Å². The number of hydrogen-bond acceptors (Lipinski definition) is 4. The Morgan fingerprint density at radius 1 is 1.38 bits per heavy atom. The van der Waals surface area contributed by atoms with Crippen LogP contribution in [0.3, 0.4) is 0 Å². The molecule has 1 aliphatic carbocycles. The average molecular weight is 377 g/mol. The molecule has 3 nitrogen and oxygen atoms in total. The predicted octanol–water partition coefficient (Wildman–Crippen LogP) is 5.70. The molecular weight excluding hydrogens is 360 g/mol. The lowest BCUT2D eigenvalue weighted by molar-refractivity contribution is 0.103. The third-order valence-corrected chi connectivity index (χ3v) is 7.12. The molecule has 2 aromatic heterocycles. The molecule has 0 fully saturated rings. The second-order valence-corrected chi connectivity index (χ2v) is 8.95. The fourth-order valence-electron chi connectivity index (χ4n) is 3.07. The maximum Gasteiger partial charge on any atom is 0.269 e. The molecule has 1 N–H and O–H groups in total. The summed E-state index contributed by atoms with van der Waals surface area (Å²) in [4.78, 5) is 19.1. The zero-order valence-corrected chi connectivity index (χ0v) is 15.9. The third kappa shape index (κ3) is 2.85. The van der Waals surface area contributed by atoms with E-state index in [2.05, 4.69) is 23.3 Å². The topological polar surface area (TPSA) is 42.0 Å². The van der Waals surface area contributed by atoms with Crippen molar-refractivity contribution in [3.63, 3.8) is 0 Å². The highest BCUT2D eigenvalue weighted by Gasteiger charge is 2.22. The van der Waals surface area contributed by atoms with Crippen molar-refractivity contribution in [3.8, 4) is 0 Å². The van der Waals surface area contributed by atoms with Gasteiger partial charge in [0.15, 0.2) is 5.13 Å². The first-order valence-corrected chi connectivity index (χ1v) is 10.0. The minimum Gasteiger partial charge on any atom is -0.297 e. The number of fused-ring (bicyclic) bond motifs is 2. The van der Waals surface area contributed by atoms with Crippen molar-refractivity contribution in [2.24, 2.45) is 5.92 Å². The zero-order valence-electron chi connectivity index (χ0n) is 13.5. The number of anilines is 1. The molecule has 0 aliphatic heterocycles. The van der Waals surface area contributed by atoms with Gasteiger partial charge in [0, 0.05) is 15.0 Å². The van der Waals surface area contributed by atoms with Crippen LogP contribution >= 0.6 is 34.3 Å². The Kier molecular flexibility index (Phi) is 4.11. The van der Waals surface area contributed by atoms with E-state index in [4.69, 9.17) is 11.6 Å². The second kappa shape index (κ2) is 6.14. The van der Waals surface area contributed by atoms with Crippen LogP contribution in [0.1, 0.15) is 39.2 Å². The van der Waals surface area contributed by atoms with E-state index >= 15 is 0 Å². The summed E-state index contributed by atoms with van der Waals surface area (Å²) in [6.45, 7) is 4.29. The lowest BCUT2D eigenvalue weighted by Gasteiger charge is -2.15. The number of rotatable bonds is 2. The number of nitrogens with one attached hydrogen (secondary N) is 1. The van der Waals surface area contributed by atoms with Gasteiger partial charge in [0.1, 0.15) is 4.88 Å². The largest absolute Gasteiger partial charge is 0.297 e. The van der Waals surface area contributed by atoms with Crippen LogP contribution in [0.25, 0.3) is 10.1 Å². The standard InChI is InChI=1S/C18H17ClN2OS2/c1-9-4-6-13-12(7-9)20-18(24-13)21-17(22)16-15(19)11-5-3-10(2)8-14(11)23-16/h3,5,8-9H,4,6-7H2,1-2H3,(H,20,21,22)/t9-/m1/s1. The Bertz CT molecular complexity index is 944. The van der Waals surface area contributed by atoms with Crippen LogP contribution in [0.15, 0.2) is 18.2 Å². The van der Waals surface area contributed by atoms with Crippen LogP contribution in [-0.4, -0.2) is 10.9 Å². The van der Waals surface area contributed by atoms with Crippen molar-refractivity contribution in [2.45, 2.75) is 33.1 Å². The van der Waals surface area contributed by atoms with E-state index in [1.54, 1.807) is 11.3 Å². The molecule has 24 heavy (non-hydrogen) atoms. The highest BCUT2D eigenvalue weighted by atomic mass is 35.5. The molecule has 0 saturated carbocycles.